The van der Waals surface area contributed by atoms with Gasteiger partial charge in [-0.1, -0.05) is 6.92 Å². The molecule has 1 aliphatic heterocycles. The van der Waals surface area contributed by atoms with E-state index in [9.17, 15) is 8.42 Å². The van der Waals surface area contributed by atoms with E-state index >= 15 is 0 Å². The fourth-order valence-electron chi connectivity index (χ4n) is 2.63. The van der Waals surface area contributed by atoms with E-state index in [1.54, 1.807) is 30.3 Å². The Balaban J connectivity index is 2.48. The monoisotopic (exact) mass is 268 g/mol. The average Bonchev–Trinajstić information content (AvgIpc) is 2.63. The maximum atomic E-state index is 12.6. The van der Waals surface area contributed by atoms with Gasteiger partial charge < -0.3 is 5.73 Å². The minimum atomic E-state index is -3.37. The predicted molar refractivity (Wildman–Crippen MR) is 72.9 cm³/mol. The van der Waals surface area contributed by atoms with Crippen LogP contribution in [0.4, 0.5) is 5.69 Å². The molecular weight excluding hydrogens is 248 g/mol. The van der Waals surface area contributed by atoms with Gasteiger partial charge in [0.05, 0.1) is 4.90 Å². The number of anilines is 1. The molecule has 1 aromatic carbocycles. The molecule has 0 radical (unpaired) electrons. The summed E-state index contributed by atoms with van der Waals surface area (Å²) < 4.78 is 26.8. The van der Waals surface area contributed by atoms with E-state index in [4.69, 9.17) is 5.73 Å². The summed E-state index contributed by atoms with van der Waals surface area (Å²) in [4.78, 5) is 0.422. The lowest BCUT2D eigenvalue weighted by Gasteiger charge is -2.19. The van der Waals surface area contributed by atoms with Crippen molar-refractivity contribution in [3.63, 3.8) is 0 Å². The van der Waals surface area contributed by atoms with Crippen LogP contribution in [0.5, 0.6) is 0 Å². The summed E-state index contributed by atoms with van der Waals surface area (Å²) in [6, 6.07) is 3.44. The van der Waals surface area contributed by atoms with E-state index < -0.39 is 10.0 Å². The van der Waals surface area contributed by atoms with E-state index in [1.165, 1.54) is 0 Å². The lowest BCUT2D eigenvalue weighted by molar-refractivity contribution is 0.463. The van der Waals surface area contributed by atoms with Crippen molar-refractivity contribution in [2.24, 2.45) is 5.92 Å². The highest BCUT2D eigenvalue weighted by Gasteiger charge is 2.32. The molecule has 100 valence electrons. The van der Waals surface area contributed by atoms with Gasteiger partial charge in [-0.05, 0) is 49.4 Å². The lowest BCUT2D eigenvalue weighted by atomic mass is 10.1. The summed E-state index contributed by atoms with van der Waals surface area (Å²) in [5, 5.41) is 0. The number of sulfonamides is 1. The molecule has 5 heteroatoms. The van der Waals surface area contributed by atoms with Gasteiger partial charge in [-0.15, -0.1) is 0 Å². The molecule has 1 heterocycles. The van der Waals surface area contributed by atoms with Crippen molar-refractivity contribution < 1.29 is 8.42 Å². The van der Waals surface area contributed by atoms with Crippen LogP contribution in [-0.4, -0.2) is 25.8 Å². The zero-order chi connectivity index (χ0) is 13.5. The molecule has 18 heavy (non-hydrogen) atoms. The van der Waals surface area contributed by atoms with Crippen molar-refractivity contribution in [3.05, 3.63) is 23.3 Å². The quantitative estimate of drug-likeness (QED) is 0.833. The molecule has 1 aromatic rings. The highest BCUT2D eigenvalue weighted by Crippen LogP contribution is 2.29. The molecule has 0 bridgehead atoms. The van der Waals surface area contributed by atoms with Gasteiger partial charge in [0.2, 0.25) is 10.0 Å². The number of nitrogens with zero attached hydrogens (tertiary/aromatic N) is 1. The maximum absolute atomic E-state index is 12.6. The Labute approximate surface area is 109 Å². The van der Waals surface area contributed by atoms with E-state index in [-0.39, 0.29) is 0 Å². The van der Waals surface area contributed by atoms with E-state index in [1.807, 2.05) is 0 Å². The zero-order valence-electron chi connectivity index (χ0n) is 11.1. The largest absolute Gasteiger partial charge is 0.399 e. The number of hydrogen-bond donors (Lipinski definition) is 1. The van der Waals surface area contributed by atoms with Crippen LogP contribution in [0.2, 0.25) is 0 Å². The minimum Gasteiger partial charge on any atom is -0.399 e. The van der Waals surface area contributed by atoms with Gasteiger partial charge in [0.15, 0.2) is 0 Å². The summed E-state index contributed by atoms with van der Waals surface area (Å²) in [5.41, 5.74) is 7.81. The smallest absolute Gasteiger partial charge is 0.243 e. The number of nitrogen functional groups attached to an aromatic ring is 1. The maximum Gasteiger partial charge on any atom is 0.243 e. The molecule has 1 fully saturated rings. The van der Waals surface area contributed by atoms with Crippen LogP contribution < -0.4 is 5.73 Å². The van der Waals surface area contributed by atoms with Crippen molar-refractivity contribution in [1.29, 1.82) is 0 Å². The molecule has 4 nitrogen and oxygen atoms in total. The molecular formula is C13H20N2O2S. The second-order valence-corrected chi connectivity index (χ2v) is 7.12. The Kier molecular flexibility index (Phi) is 3.38. The summed E-state index contributed by atoms with van der Waals surface area (Å²) in [6.07, 6.45) is 0.937. The molecule has 0 spiro atoms. The molecule has 0 aromatic heterocycles. The lowest BCUT2D eigenvalue weighted by Crippen LogP contribution is -2.29. The van der Waals surface area contributed by atoms with Gasteiger partial charge in [-0.25, -0.2) is 8.42 Å². The summed E-state index contributed by atoms with van der Waals surface area (Å²) in [5.74, 6) is 0.439. The third-order valence-electron chi connectivity index (χ3n) is 3.47. The Hall–Kier alpha value is -1.07. The van der Waals surface area contributed by atoms with Gasteiger partial charge in [-0.2, -0.15) is 4.31 Å². The SMILES string of the molecule is Cc1cc(N)cc(C)c1S(=O)(=O)N1CCC(C)C1. The van der Waals surface area contributed by atoms with Gasteiger partial charge in [-0.3, -0.25) is 0 Å². The first-order chi connectivity index (χ1) is 8.32. The van der Waals surface area contributed by atoms with Crippen molar-refractivity contribution in [2.75, 3.05) is 18.8 Å². The first-order valence-electron chi connectivity index (χ1n) is 6.19. The van der Waals surface area contributed by atoms with Gasteiger partial charge >= 0.3 is 0 Å². The van der Waals surface area contributed by atoms with Crippen LogP contribution in [0.25, 0.3) is 0 Å². The standard InChI is InChI=1S/C13H20N2O2S/c1-9-4-5-15(8-9)18(16,17)13-10(2)6-12(14)7-11(13)3/h6-7,9H,4-5,8,14H2,1-3H3. The number of rotatable bonds is 2. The average molecular weight is 268 g/mol. The van der Waals surface area contributed by atoms with Gasteiger partial charge in [0.1, 0.15) is 0 Å². The second-order valence-electron chi connectivity index (χ2n) is 5.24. The Morgan fingerprint density at radius 2 is 1.83 bits per heavy atom. The molecule has 2 N–H and O–H groups in total. The number of benzene rings is 1. The zero-order valence-corrected chi connectivity index (χ0v) is 11.9. The van der Waals surface area contributed by atoms with Crippen LogP contribution in [0.1, 0.15) is 24.5 Å². The van der Waals surface area contributed by atoms with Crippen molar-refractivity contribution in [2.45, 2.75) is 32.1 Å². The number of aryl methyl sites for hydroxylation is 2. The molecule has 1 unspecified atom stereocenters. The highest BCUT2D eigenvalue weighted by molar-refractivity contribution is 7.89. The van der Waals surface area contributed by atoms with E-state index in [0.717, 1.165) is 17.5 Å². The Morgan fingerprint density at radius 3 is 2.28 bits per heavy atom. The van der Waals surface area contributed by atoms with Gasteiger partial charge in [0.25, 0.3) is 0 Å². The van der Waals surface area contributed by atoms with Crippen LogP contribution in [0, 0.1) is 19.8 Å². The van der Waals surface area contributed by atoms with Crippen LogP contribution in [0.3, 0.4) is 0 Å². The third kappa shape index (κ3) is 2.24. The Bertz CT molecular complexity index is 543. The molecule has 1 atom stereocenters. The van der Waals surface area contributed by atoms with Crippen LogP contribution in [-0.2, 0) is 10.0 Å². The van der Waals surface area contributed by atoms with Crippen LogP contribution >= 0.6 is 0 Å². The summed E-state index contributed by atoms with van der Waals surface area (Å²) >= 11 is 0. The molecule has 1 saturated heterocycles. The fraction of sp³-hybridized carbons (Fsp3) is 0.538. The summed E-state index contributed by atoms with van der Waals surface area (Å²) in [6.45, 7) is 6.92. The van der Waals surface area contributed by atoms with E-state index in [2.05, 4.69) is 6.92 Å². The highest BCUT2D eigenvalue weighted by atomic mass is 32.2. The number of nitrogens with two attached hydrogens (primary N) is 1. The molecule has 0 saturated carbocycles. The number of hydrogen-bond acceptors (Lipinski definition) is 3. The van der Waals surface area contributed by atoms with Crippen LogP contribution in [0.15, 0.2) is 17.0 Å². The normalized spacial score (nSPS) is 21.4. The second kappa shape index (κ2) is 4.55. The van der Waals surface area contributed by atoms with Crippen molar-refractivity contribution in [1.82, 2.24) is 4.31 Å². The van der Waals surface area contributed by atoms with Gasteiger partial charge in [0, 0.05) is 18.8 Å². The Morgan fingerprint density at radius 1 is 1.28 bits per heavy atom. The first kappa shape index (κ1) is 13.4. The molecule has 2 rings (SSSR count). The minimum absolute atomic E-state index is 0.422. The summed E-state index contributed by atoms with van der Waals surface area (Å²) in [7, 11) is -3.37. The van der Waals surface area contributed by atoms with E-state index in [0.29, 0.717) is 29.6 Å². The predicted octanol–water partition coefficient (Wildman–Crippen LogP) is 1.92. The third-order valence-corrected chi connectivity index (χ3v) is 5.64. The topological polar surface area (TPSA) is 63.4 Å². The first-order valence-corrected chi connectivity index (χ1v) is 7.63. The molecule has 1 aliphatic rings. The van der Waals surface area contributed by atoms with Crippen molar-refractivity contribution in [3.8, 4) is 0 Å². The fourth-order valence-corrected chi connectivity index (χ4v) is 4.62. The molecule has 0 aliphatic carbocycles. The molecule has 0 amide bonds. The van der Waals surface area contributed by atoms with Crippen molar-refractivity contribution >= 4 is 15.7 Å².